The van der Waals surface area contributed by atoms with Gasteiger partial charge in [-0.3, -0.25) is 0 Å². The molecule has 0 saturated heterocycles. The highest BCUT2D eigenvalue weighted by Gasteiger charge is 2.46. The minimum atomic E-state index is 0.194. The van der Waals surface area contributed by atoms with E-state index in [1.165, 1.54) is 0 Å². The third-order valence-corrected chi connectivity index (χ3v) is 2.80. The van der Waals surface area contributed by atoms with Crippen molar-refractivity contribution in [2.24, 2.45) is 5.41 Å². The fraction of sp³-hybridized carbons (Fsp3) is 0.667. The normalized spacial score (nSPS) is 47.9. The summed E-state index contributed by atoms with van der Waals surface area (Å²) in [6.07, 6.45) is 6.32. The average molecular weight is 159 g/mol. The number of terminal acetylenes is 1. The first-order valence-electron chi connectivity index (χ1n) is 2.31. The molecule has 7 heavy (non-hydrogen) atoms. The Morgan fingerprint density at radius 3 is 2.43 bits per heavy atom. The van der Waals surface area contributed by atoms with Crippen LogP contribution < -0.4 is 0 Å². The zero-order chi connectivity index (χ0) is 5.49. The molecular formula is C6H7Br. The predicted octanol–water partition coefficient (Wildman–Crippen LogP) is 1.79. The highest BCUT2D eigenvalue weighted by atomic mass is 79.9. The van der Waals surface area contributed by atoms with Gasteiger partial charge in [-0.25, -0.2) is 0 Å². The summed E-state index contributed by atoms with van der Waals surface area (Å²) in [5.74, 6) is 2.72. The Morgan fingerprint density at radius 1 is 2.00 bits per heavy atom. The molecule has 0 aromatic carbocycles. The zero-order valence-corrected chi connectivity index (χ0v) is 5.83. The van der Waals surface area contributed by atoms with E-state index in [0.717, 1.165) is 6.42 Å². The topological polar surface area (TPSA) is 0 Å². The van der Waals surface area contributed by atoms with E-state index in [4.69, 9.17) is 6.42 Å². The van der Waals surface area contributed by atoms with Crippen molar-refractivity contribution in [3.63, 3.8) is 0 Å². The summed E-state index contributed by atoms with van der Waals surface area (Å²) < 4.78 is 0. The molecule has 2 atom stereocenters. The molecule has 0 radical (unpaired) electrons. The van der Waals surface area contributed by atoms with Gasteiger partial charge in [0.15, 0.2) is 0 Å². The van der Waals surface area contributed by atoms with Crippen molar-refractivity contribution >= 4 is 15.9 Å². The number of hydrogen-bond acceptors (Lipinski definition) is 0. The molecule has 1 aliphatic rings. The molecule has 0 amide bonds. The van der Waals surface area contributed by atoms with Crippen molar-refractivity contribution in [1.29, 1.82) is 0 Å². The largest absolute Gasteiger partial charge is 0.119 e. The lowest BCUT2D eigenvalue weighted by atomic mass is 10.2. The van der Waals surface area contributed by atoms with Crippen molar-refractivity contribution in [2.45, 2.75) is 18.2 Å². The van der Waals surface area contributed by atoms with Crippen LogP contribution in [-0.2, 0) is 0 Å². The van der Waals surface area contributed by atoms with E-state index in [-0.39, 0.29) is 5.41 Å². The molecule has 0 aliphatic heterocycles. The van der Waals surface area contributed by atoms with Crippen LogP contribution in [-0.4, -0.2) is 4.83 Å². The van der Waals surface area contributed by atoms with Crippen molar-refractivity contribution in [3.05, 3.63) is 0 Å². The number of halogens is 1. The summed E-state index contributed by atoms with van der Waals surface area (Å²) in [4.78, 5) is 0.588. The Kier molecular flexibility index (Phi) is 0.932. The SMILES string of the molecule is C#C[C@]1(C)C[C@@H]1Br. The third kappa shape index (κ3) is 0.680. The third-order valence-electron chi connectivity index (χ3n) is 1.46. The maximum absolute atomic E-state index is 5.18. The average Bonchev–Trinajstić information content (AvgIpc) is 2.18. The summed E-state index contributed by atoms with van der Waals surface area (Å²) in [6, 6.07) is 0. The van der Waals surface area contributed by atoms with Gasteiger partial charge in [0.1, 0.15) is 0 Å². The summed E-state index contributed by atoms with van der Waals surface area (Å²) in [5, 5.41) is 0. The molecule has 1 aliphatic carbocycles. The van der Waals surface area contributed by atoms with Gasteiger partial charge in [-0.05, 0) is 13.3 Å². The molecule has 0 bridgehead atoms. The Morgan fingerprint density at radius 2 is 2.43 bits per heavy atom. The van der Waals surface area contributed by atoms with Crippen LogP contribution in [0.1, 0.15) is 13.3 Å². The van der Waals surface area contributed by atoms with Crippen LogP contribution >= 0.6 is 15.9 Å². The van der Waals surface area contributed by atoms with Gasteiger partial charge in [0, 0.05) is 10.2 Å². The molecule has 1 heteroatoms. The van der Waals surface area contributed by atoms with E-state index >= 15 is 0 Å². The highest BCUT2D eigenvalue weighted by molar-refractivity contribution is 9.09. The maximum Gasteiger partial charge on any atom is 0.0420 e. The highest BCUT2D eigenvalue weighted by Crippen LogP contribution is 2.50. The van der Waals surface area contributed by atoms with Crippen LogP contribution in [0.5, 0.6) is 0 Å². The van der Waals surface area contributed by atoms with Crippen molar-refractivity contribution in [2.75, 3.05) is 0 Å². The second-order valence-electron chi connectivity index (χ2n) is 2.23. The minimum Gasteiger partial charge on any atom is -0.119 e. The molecule has 0 unspecified atom stereocenters. The fourth-order valence-electron chi connectivity index (χ4n) is 0.463. The summed E-state index contributed by atoms with van der Waals surface area (Å²) in [7, 11) is 0. The van der Waals surface area contributed by atoms with Gasteiger partial charge in [-0.15, -0.1) is 6.42 Å². The van der Waals surface area contributed by atoms with Crippen LogP contribution in [0.2, 0.25) is 0 Å². The van der Waals surface area contributed by atoms with E-state index in [9.17, 15) is 0 Å². The van der Waals surface area contributed by atoms with Gasteiger partial charge < -0.3 is 0 Å². The van der Waals surface area contributed by atoms with Gasteiger partial charge in [0.25, 0.3) is 0 Å². The molecular weight excluding hydrogens is 152 g/mol. The molecule has 38 valence electrons. The monoisotopic (exact) mass is 158 g/mol. The standard InChI is InChI=1S/C6H7Br/c1-3-6(2)4-5(6)7/h1,5H,4H2,2H3/t5-,6+/m0/s1. The lowest BCUT2D eigenvalue weighted by Crippen LogP contribution is -1.88. The number of alkyl halides is 1. The second-order valence-corrected chi connectivity index (χ2v) is 3.34. The van der Waals surface area contributed by atoms with E-state index in [0.29, 0.717) is 4.83 Å². The first-order valence-corrected chi connectivity index (χ1v) is 3.22. The molecule has 0 aromatic heterocycles. The minimum absolute atomic E-state index is 0.194. The molecule has 0 nitrogen and oxygen atoms in total. The van der Waals surface area contributed by atoms with E-state index < -0.39 is 0 Å². The molecule has 1 saturated carbocycles. The first kappa shape index (κ1) is 5.18. The summed E-state index contributed by atoms with van der Waals surface area (Å²) in [5.41, 5.74) is 0.194. The smallest absolute Gasteiger partial charge is 0.0420 e. The molecule has 1 fully saturated rings. The van der Waals surface area contributed by atoms with Crippen LogP contribution in [0.3, 0.4) is 0 Å². The summed E-state index contributed by atoms with van der Waals surface area (Å²) in [6.45, 7) is 2.09. The molecule has 0 heterocycles. The molecule has 1 rings (SSSR count). The fourth-order valence-corrected chi connectivity index (χ4v) is 1.27. The quantitative estimate of drug-likeness (QED) is 0.373. The number of hydrogen-bond donors (Lipinski definition) is 0. The van der Waals surface area contributed by atoms with E-state index in [1.807, 2.05) is 0 Å². The second kappa shape index (κ2) is 1.26. The van der Waals surface area contributed by atoms with Crippen LogP contribution in [0.4, 0.5) is 0 Å². The maximum atomic E-state index is 5.18. The lowest BCUT2D eigenvalue weighted by Gasteiger charge is -1.90. The van der Waals surface area contributed by atoms with Gasteiger partial charge in [0.05, 0.1) is 0 Å². The van der Waals surface area contributed by atoms with Crippen molar-refractivity contribution in [1.82, 2.24) is 0 Å². The molecule has 0 N–H and O–H groups in total. The Hall–Kier alpha value is 0.0400. The van der Waals surface area contributed by atoms with Crippen LogP contribution in [0.15, 0.2) is 0 Å². The lowest BCUT2D eigenvalue weighted by molar-refractivity contribution is 0.791. The van der Waals surface area contributed by atoms with Crippen molar-refractivity contribution < 1.29 is 0 Å². The zero-order valence-electron chi connectivity index (χ0n) is 4.24. The van der Waals surface area contributed by atoms with E-state index in [1.54, 1.807) is 0 Å². The van der Waals surface area contributed by atoms with E-state index in [2.05, 4.69) is 28.8 Å². The number of rotatable bonds is 0. The summed E-state index contributed by atoms with van der Waals surface area (Å²) >= 11 is 3.42. The molecule has 0 aromatic rings. The van der Waals surface area contributed by atoms with Gasteiger partial charge in [-0.1, -0.05) is 21.9 Å². The van der Waals surface area contributed by atoms with Gasteiger partial charge in [0.2, 0.25) is 0 Å². The predicted molar refractivity (Wildman–Crippen MR) is 34.3 cm³/mol. The van der Waals surface area contributed by atoms with Gasteiger partial charge >= 0.3 is 0 Å². The Labute approximate surface area is 52.4 Å². The van der Waals surface area contributed by atoms with Gasteiger partial charge in [-0.2, -0.15) is 0 Å². The van der Waals surface area contributed by atoms with Crippen molar-refractivity contribution in [3.8, 4) is 12.3 Å². The Bertz CT molecular complexity index is 123. The first-order chi connectivity index (χ1) is 3.19. The van der Waals surface area contributed by atoms with Crippen LogP contribution in [0.25, 0.3) is 0 Å². The van der Waals surface area contributed by atoms with Crippen LogP contribution in [0, 0.1) is 17.8 Å². The Balaban J connectivity index is 2.57. The molecule has 0 spiro atoms.